The summed E-state index contributed by atoms with van der Waals surface area (Å²) >= 11 is 3.40. The fourth-order valence-corrected chi connectivity index (χ4v) is 2.66. The molecule has 6 heteroatoms. The normalized spacial score (nSPS) is 10.4. The maximum absolute atomic E-state index is 11.9. The third kappa shape index (κ3) is 4.02. The van der Waals surface area contributed by atoms with Crippen LogP contribution in [0.15, 0.2) is 63.8 Å². The summed E-state index contributed by atoms with van der Waals surface area (Å²) in [6, 6.07) is 13.0. The number of furan rings is 1. The molecule has 2 aromatic heterocycles. The van der Waals surface area contributed by atoms with Gasteiger partial charge in [-0.3, -0.25) is 4.79 Å². The minimum atomic E-state index is -0.263. The number of hydrogen-bond donors (Lipinski definition) is 2. The van der Waals surface area contributed by atoms with Gasteiger partial charge in [0.15, 0.2) is 5.76 Å². The number of benzene rings is 1. The molecular weight excluding hydrogens is 370 g/mol. The predicted octanol–water partition coefficient (Wildman–Crippen LogP) is 4.61. The van der Waals surface area contributed by atoms with E-state index in [-0.39, 0.29) is 11.7 Å². The number of rotatable bonds is 5. The molecule has 0 unspecified atom stereocenters. The van der Waals surface area contributed by atoms with Crippen LogP contribution in [0.5, 0.6) is 0 Å². The van der Waals surface area contributed by atoms with Crippen molar-refractivity contribution in [2.24, 2.45) is 0 Å². The molecule has 0 atom stereocenters. The fraction of sp³-hybridized carbons (Fsp3) is 0.111. The summed E-state index contributed by atoms with van der Waals surface area (Å²) in [6.45, 7) is 2.66. The van der Waals surface area contributed by atoms with Gasteiger partial charge in [0.1, 0.15) is 5.82 Å². The van der Waals surface area contributed by atoms with Crippen LogP contribution in [0.25, 0.3) is 0 Å². The van der Waals surface area contributed by atoms with E-state index < -0.39 is 0 Å². The van der Waals surface area contributed by atoms with Gasteiger partial charge in [-0.2, -0.15) is 0 Å². The highest BCUT2D eigenvalue weighted by atomic mass is 79.9. The number of aromatic nitrogens is 1. The zero-order valence-corrected chi connectivity index (χ0v) is 14.6. The summed E-state index contributed by atoms with van der Waals surface area (Å²) in [6.07, 6.45) is 3.24. The van der Waals surface area contributed by atoms with Crippen molar-refractivity contribution in [1.82, 2.24) is 4.98 Å². The second kappa shape index (κ2) is 7.31. The van der Waals surface area contributed by atoms with Crippen LogP contribution in [0.4, 0.5) is 11.5 Å². The Morgan fingerprint density at radius 3 is 2.71 bits per heavy atom. The number of nitrogens with one attached hydrogen (secondary N) is 2. The molecule has 3 aromatic rings. The van der Waals surface area contributed by atoms with Gasteiger partial charge in [0.2, 0.25) is 0 Å². The van der Waals surface area contributed by atoms with Gasteiger partial charge in [0, 0.05) is 22.9 Å². The molecule has 5 nitrogen and oxygen atoms in total. The van der Waals surface area contributed by atoms with E-state index >= 15 is 0 Å². The lowest BCUT2D eigenvalue weighted by Crippen LogP contribution is -2.10. The van der Waals surface area contributed by atoms with Crippen LogP contribution in [0.2, 0.25) is 0 Å². The summed E-state index contributed by atoms with van der Waals surface area (Å²) < 4.78 is 6.03. The summed E-state index contributed by atoms with van der Waals surface area (Å²) in [4.78, 5) is 16.3. The molecule has 0 radical (unpaired) electrons. The lowest BCUT2D eigenvalue weighted by molar-refractivity contribution is 0.0996. The molecule has 0 saturated carbocycles. The smallest absolute Gasteiger partial charge is 0.291 e. The molecule has 24 heavy (non-hydrogen) atoms. The number of hydrogen-bond acceptors (Lipinski definition) is 4. The molecule has 0 fully saturated rings. The first kappa shape index (κ1) is 16.3. The van der Waals surface area contributed by atoms with Crippen LogP contribution in [0.1, 0.15) is 21.7 Å². The van der Waals surface area contributed by atoms with Crippen LogP contribution >= 0.6 is 15.9 Å². The molecule has 0 aliphatic carbocycles. The van der Waals surface area contributed by atoms with Gasteiger partial charge in [-0.15, -0.1) is 0 Å². The largest absolute Gasteiger partial charge is 0.459 e. The van der Waals surface area contributed by atoms with Gasteiger partial charge in [0.25, 0.3) is 5.91 Å². The third-order valence-corrected chi connectivity index (χ3v) is 3.90. The molecule has 0 saturated heterocycles. The number of anilines is 2. The highest BCUT2D eigenvalue weighted by Gasteiger charge is 2.08. The van der Waals surface area contributed by atoms with Crippen LogP contribution < -0.4 is 10.6 Å². The van der Waals surface area contributed by atoms with E-state index in [0.29, 0.717) is 6.54 Å². The second-order valence-corrected chi connectivity index (χ2v) is 6.22. The molecule has 3 rings (SSSR count). The Bertz CT molecular complexity index is 830. The Balaban J connectivity index is 1.59. The van der Waals surface area contributed by atoms with E-state index in [1.165, 1.54) is 6.26 Å². The Labute approximate surface area is 148 Å². The molecule has 122 valence electrons. The number of nitrogens with zero attached hydrogens (tertiary/aromatic N) is 1. The summed E-state index contributed by atoms with van der Waals surface area (Å²) in [7, 11) is 0. The van der Waals surface area contributed by atoms with Gasteiger partial charge in [-0.25, -0.2) is 4.98 Å². The standard InChI is InChI=1S/C18H16BrN3O2/c1-12-9-14(19)11-21-17(12)20-10-13-4-6-15(7-5-13)22-18(23)16-3-2-8-24-16/h2-9,11H,10H2,1H3,(H,20,21)(H,22,23). The first-order chi connectivity index (χ1) is 11.6. The number of carbonyl (C=O) groups excluding carboxylic acids is 1. The number of aryl methyl sites for hydroxylation is 1. The zero-order valence-electron chi connectivity index (χ0n) is 13.0. The molecule has 0 spiro atoms. The van der Waals surface area contributed by atoms with Crippen LogP contribution in [-0.4, -0.2) is 10.9 Å². The van der Waals surface area contributed by atoms with E-state index in [0.717, 1.165) is 27.1 Å². The van der Waals surface area contributed by atoms with Crippen molar-refractivity contribution in [1.29, 1.82) is 0 Å². The van der Waals surface area contributed by atoms with E-state index in [1.54, 1.807) is 18.3 Å². The SMILES string of the molecule is Cc1cc(Br)cnc1NCc1ccc(NC(=O)c2ccco2)cc1. The number of carbonyl (C=O) groups is 1. The van der Waals surface area contributed by atoms with E-state index in [1.807, 2.05) is 37.3 Å². The molecule has 1 amide bonds. The summed E-state index contributed by atoms with van der Waals surface area (Å²) in [5.41, 5.74) is 2.89. The molecular formula is C18H16BrN3O2. The highest BCUT2D eigenvalue weighted by molar-refractivity contribution is 9.10. The lowest BCUT2D eigenvalue weighted by Gasteiger charge is -2.09. The Morgan fingerprint density at radius 1 is 1.25 bits per heavy atom. The van der Waals surface area contributed by atoms with Crippen molar-refractivity contribution >= 4 is 33.3 Å². The maximum atomic E-state index is 11.9. The molecule has 0 aliphatic heterocycles. The minimum Gasteiger partial charge on any atom is -0.459 e. The van der Waals surface area contributed by atoms with Crippen molar-refractivity contribution in [3.8, 4) is 0 Å². The summed E-state index contributed by atoms with van der Waals surface area (Å²) in [5.74, 6) is 0.881. The average molecular weight is 386 g/mol. The van der Waals surface area contributed by atoms with Crippen molar-refractivity contribution in [2.75, 3.05) is 10.6 Å². The van der Waals surface area contributed by atoms with Gasteiger partial charge in [-0.1, -0.05) is 12.1 Å². The maximum Gasteiger partial charge on any atom is 0.291 e. The quantitative estimate of drug-likeness (QED) is 0.672. The van der Waals surface area contributed by atoms with Gasteiger partial charge < -0.3 is 15.1 Å². The predicted molar refractivity (Wildman–Crippen MR) is 97.1 cm³/mol. The second-order valence-electron chi connectivity index (χ2n) is 5.30. The van der Waals surface area contributed by atoms with Crippen molar-refractivity contribution < 1.29 is 9.21 Å². The third-order valence-electron chi connectivity index (χ3n) is 3.46. The van der Waals surface area contributed by atoms with Crippen LogP contribution in [-0.2, 0) is 6.54 Å². The fourth-order valence-electron chi connectivity index (χ4n) is 2.22. The first-order valence-corrected chi connectivity index (χ1v) is 8.21. The number of halogens is 1. The first-order valence-electron chi connectivity index (χ1n) is 7.41. The van der Waals surface area contributed by atoms with Crippen molar-refractivity contribution in [3.05, 3.63) is 76.3 Å². The number of pyridine rings is 1. The lowest BCUT2D eigenvalue weighted by atomic mass is 10.2. The van der Waals surface area contributed by atoms with Crippen LogP contribution in [0, 0.1) is 6.92 Å². The zero-order chi connectivity index (χ0) is 16.9. The molecule has 2 N–H and O–H groups in total. The van der Waals surface area contributed by atoms with Gasteiger partial charge in [0.05, 0.1) is 6.26 Å². The number of amides is 1. The Kier molecular flexibility index (Phi) is 4.96. The van der Waals surface area contributed by atoms with Gasteiger partial charge >= 0.3 is 0 Å². The Hall–Kier alpha value is -2.60. The minimum absolute atomic E-state index is 0.263. The van der Waals surface area contributed by atoms with E-state index in [9.17, 15) is 4.79 Å². The van der Waals surface area contributed by atoms with Crippen molar-refractivity contribution in [3.63, 3.8) is 0 Å². The molecule has 0 bridgehead atoms. The monoisotopic (exact) mass is 385 g/mol. The average Bonchev–Trinajstić information content (AvgIpc) is 3.10. The Morgan fingerprint density at radius 2 is 2.04 bits per heavy atom. The van der Waals surface area contributed by atoms with Crippen LogP contribution in [0.3, 0.4) is 0 Å². The van der Waals surface area contributed by atoms with Crippen molar-refractivity contribution in [2.45, 2.75) is 13.5 Å². The topological polar surface area (TPSA) is 67.2 Å². The molecule has 1 aromatic carbocycles. The highest BCUT2D eigenvalue weighted by Crippen LogP contribution is 2.18. The molecule has 2 heterocycles. The summed E-state index contributed by atoms with van der Waals surface area (Å²) in [5, 5.41) is 6.09. The molecule has 0 aliphatic rings. The van der Waals surface area contributed by atoms with E-state index in [2.05, 4.69) is 31.5 Å². The van der Waals surface area contributed by atoms with E-state index in [4.69, 9.17) is 4.42 Å². The van der Waals surface area contributed by atoms with Gasteiger partial charge in [-0.05, 0) is 64.3 Å².